The number of pyridine rings is 1. The summed E-state index contributed by atoms with van der Waals surface area (Å²) in [5.74, 6) is 1.24. The Hall–Kier alpha value is -1.82. The zero-order chi connectivity index (χ0) is 15.4. The molecule has 2 heterocycles. The number of para-hydroxylation sites is 1. The van der Waals surface area contributed by atoms with Crippen molar-refractivity contribution in [3.63, 3.8) is 0 Å². The molecule has 1 amide bonds. The number of rotatable bonds is 3. The first-order valence-corrected chi connectivity index (χ1v) is 7.46. The molecule has 1 aromatic heterocycles. The maximum Gasteiger partial charge on any atom is 0.272 e. The first-order chi connectivity index (χ1) is 10.7. The Bertz CT molecular complexity index is 655. The third kappa shape index (κ3) is 5.09. The van der Waals surface area contributed by atoms with Gasteiger partial charge in [0.05, 0.1) is 0 Å². The number of nitrogens with zero attached hydrogens (tertiary/aromatic N) is 2. The maximum atomic E-state index is 12.5. The molecule has 0 aliphatic carbocycles. The smallest absolute Gasteiger partial charge is 0.272 e. The second-order valence-corrected chi connectivity index (χ2v) is 5.45. The highest BCUT2D eigenvalue weighted by molar-refractivity contribution is 5.92. The van der Waals surface area contributed by atoms with E-state index in [-0.39, 0.29) is 36.8 Å². The standard InChI is InChI=1S/C17H19N3O2.2ClH/c18-13-5-4-10-20(12-13)17(21)16-11-15(8-9-19-16)22-14-6-2-1-3-7-14;;/h1-3,6-9,11,13H,4-5,10,12,18H2;2*1H. The Morgan fingerprint density at radius 1 is 1.17 bits per heavy atom. The third-order valence-electron chi connectivity index (χ3n) is 3.67. The number of hydrogen-bond acceptors (Lipinski definition) is 4. The van der Waals surface area contributed by atoms with Crippen LogP contribution in [-0.4, -0.2) is 34.9 Å². The van der Waals surface area contributed by atoms with Crippen molar-refractivity contribution in [3.8, 4) is 11.5 Å². The number of nitrogens with two attached hydrogens (primary N) is 1. The number of likely N-dealkylation sites (tertiary alicyclic amines) is 1. The zero-order valence-corrected chi connectivity index (χ0v) is 14.8. The highest BCUT2D eigenvalue weighted by atomic mass is 35.5. The summed E-state index contributed by atoms with van der Waals surface area (Å²) in [6.45, 7) is 1.32. The summed E-state index contributed by atoms with van der Waals surface area (Å²) in [7, 11) is 0. The van der Waals surface area contributed by atoms with Gasteiger partial charge in [-0.05, 0) is 31.0 Å². The number of carbonyl (C=O) groups excluding carboxylic acids is 1. The molecule has 130 valence electrons. The molecule has 1 fully saturated rings. The minimum absolute atomic E-state index is 0. The van der Waals surface area contributed by atoms with Crippen LogP contribution in [0.15, 0.2) is 48.7 Å². The van der Waals surface area contributed by atoms with Crippen LogP contribution in [0.2, 0.25) is 0 Å². The van der Waals surface area contributed by atoms with Crippen molar-refractivity contribution >= 4 is 30.7 Å². The first-order valence-electron chi connectivity index (χ1n) is 7.46. The van der Waals surface area contributed by atoms with Crippen LogP contribution < -0.4 is 10.5 Å². The van der Waals surface area contributed by atoms with Gasteiger partial charge in [0.15, 0.2) is 0 Å². The Balaban J connectivity index is 0.00000144. The second-order valence-electron chi connectivity index (χ2n) is 5.45. The van der Waals surface area contributed by atoms with E-state index in [0.29, 0.717) is 18.0 Å². The number of amides is 1. The highest BCUT2D eigenvalue weighted by Gasteiger charge is 2.23. The lowest BCUT2D eigenvalue weighted by Gasteiger charge is -2.30. The predicted octanol–water partition coefficient (Wildman–Crippen LogP) is 3.28. The molecule has 0 saturated carbocycles. The Morgan fingerprint density at radius 2 is 1.92 bits per heavy atom. The van der Waals surface area contributed by atoms with Crippen LogP contribution in [0.25, 0.3) is 0 Å². The molecule has 5 nitrogen and oxygen atoms in total. The van der Waals surface area contributed by atoms with Crippen molar-refractivity contribution in [2.24, 2.45) is 5.73 Å². The van der Waals surface area contributed by atoms with Crippen molar-refractivity contribution < 1.29 is 9.53 Å². The van der Waals surface area contributed by atoms with E-state index in [9.17, 15) is 4.79 Å². The van der Waals surface area contributed by atoms with Crippen LogP contribution >= 0.6 is 24.8 Å². The second kappa shape index (κ2) is 9.47. The molecule has 0 spiro atoms. The Morgan fingerprint density at radius 3 is 2.62 bits per heavy atom. The summed E-state index contributed by atoms with van der Waals surface area (Å²) >= 11 is 0. The van der Waals surface area contributed by atoms with Gasteiger partial charge in [0, 0.05) is 31.4 Å². The molecule has 0 bridgehead atoms. The predicted molar refractivity (Wildman–Crippen MR) is 98.4 cm³/mol. The maximum absolute atomic E-state index is 12.5. The molecular formula is C17H21Cl2N3O2. The zero-order valence-electron chi connectivity index (χ0n) is 13.1. The van der Waals surface area contributed by atoms with Gasteiger partial charge in [0.2, 0.25) is 0 Å². The lowest BCUT2D eigenvalue weighted by atomic mass is 10.1. The topological polar surface area (TPSA) is 68.5 Å². The van der Waals surface area contributed by atoms with Gasteiger partial charge < -0.3 is 15.4 Å². The van der Waals surface area contributed by atoms with E-state index in [1.165, 1.54) is 0 Å². The van der Waals surface area contributed by atoms with Crippen LogP contribution in [0.4, 0.5) is 0 Å². The molecule has 1 unspecified atom stereocenters. The largest absolute Gasteiger partial charge is 0.457 e. The quantitative estimate of drug-likeness (QED) is 0.900. The normalized spacial score (nSPS) is 16.5. The summed E-state index contributed by atoms with van der Waals surface area (Å²) in [6, 6.07) is 12.9. The van der Waals surface area contributed by atoms with Gasteiger partial charge in [-0.2, -0.15) is 0 Å². The van der Waals surface area contributed by atoms with E-state index in [1.54, 1.807) is 23.2 Å². The SMILES string of the molecule is Cl.Cl.NC1CCCN(C(=O)c2cc(Oc3ccccc3)ccn2)C1. The van der Waals surface area contributed by atoms with Gasteiger partial charge in [-0.15, -0.1) is 24.8 Å². The molecule has 3 rings (SSSR count). The van der Waals surface area contributed by atoms with Gasteiger partial charge in [0.1, 0.15) is 17.2 Å². The van der Waals surface area contributed by atoms with E-state index < -0.39 is 0 Å². The fourth-order valence-corrected chi connectivity index (χ4v) is 2.57. The molecule has 24 heavy (non-hydrogen) atoms. The fraction of sp³-hybridized carbons (Fsp3) is 0.294. The molecule has 1 atom stereocenters. The average Bonchev–Trinajstić information content (AvgIpc) is 2.55. The highest BCUT2D eigenvalue weighted by Crippen LogP contribution is 2.21. The van der Waals surface area contributed by atoms with Crippen LogP contribution in [0.1, 0.15) is 23.3 Å². The molecule has 1 aliphatic rings. The summed E-state index contributed by atoms with van der Waals surface area (Å²) in [5, 5.41) is 0. The molecule has 1 aliphatic heterocycles. The minimum Gasteiger partial charge on any atom is -0.457 e. The van der Waals surface area contributed by atoms with Crippen molar-refractivity contribution in [2.45, 2.75) is 18.9 Å². The molecule has 7 heteroatoms. The molecule has 2 N–H and O–H groups in total. The van der Waals surface area contributed by atoms with Gasteiger partial charge in [0.25, 0.3) is 5.91 Å². The molecular weight excluding hydrogens is 349 g/mol. The summed E-state index contributed by atoms with van der Waals surface area (Å²) in [4.78, 5) is 18.4. The van der Waals surface area contributed by atoms with Gasteiger partial charge in [-0.1, -0.05) is 18.2 Å². The molecule has 2 aromatic rings. The number of carbonyl (C=O) groups is 1. The van der Waals surface area contributed by atoms with E-state index in [2.05, 4.69) is 4.98 Å². The lowest BCUT2D eigenvalue weighted by Crippen LogP contribution is -2.45. The summed E-state index contributed by atoms with van der Waals surface area (Å²) in [6.07, 6.45) is 3.50. The fourth-order valence-electron chi connectivity index (χ4n) is 2.57. The number of piperidine rings is 1. The number of ether oxygens (including phenoxy) is 1. The van der Waals surface area contributed by atoms with Gasteiger partial charge in [-0.25, -0.2) is 0 Å². The Kier molecular flexibility index (Phi) is 7.98. The van der Waals surface area contributed by atoms with Crippen molar-refractivity contribution in [3.05, 3.63) is 54.4 Å². The van der Waals surface area contributed by atoms with E-state index in [4.69, 9.17) is 10.5 Å². The Labute approximate surface area is 154 Å². The average molecular weight is 370 g/mol. The number of hydrogen-bond donors (Lipinski definition) is 1. The van der Waals surface area contributed by atoms with Crippen molar-refractivity contribution in [1.29, 1.82) is 0 Å². The van der Waals surface area contributed by atoms with Crippen LogP contribution in [0.3, 0.4) is 0 Å². The number of benzene rings is 1. The molecule has 1 aromatic carbocycles. The molecule has 0 radical (unpaired) electrons. The third-order valence-corrected chi connectivity index (χ3v) is 3.67. The monoisotopic (exact) mass is 369 g/mol. The van der Waals surface area contributed by atoms with Crippen LogP contribution in [0.5, 0.6) is 11.5 Å². The number of halogens is 2. The van der Waals surface area contributed by atoms with E-state index >= 15 is 0 Å². The summed E-state index contributed by atoms with van der Waals surface area (Å²) in [5.41, 5.74) is 6.33. The molecule has 1 saturated heterocycles. The van der Waals surface area contributed by atoms with Crippen molar-refractivity contribution in [1.82, 2.24) is 9.88 Å². The first kappa shape index (κ1) is 20.2. The van der Waals surface area contributed by atoms with E-state index in [0.717, 1.165) is 25.1 Å². The van der Waals surface area contributed by atoms with Gasteiger partial charge in [-0.3, -0.25) is 9.78 Å². The lowest BCUT2D eigenvalue weighted by molar-refractivity contribution is 0.0702. The summed E-state index contributed by atoms with van der Waals surface area (Å²) < 4.78 is 5.74. The van der Waals surface area contributed by atoms with E-state index in [1.807, 2.05) is 30.3 Å². The number of aromatic nitrogens is 1. The van der Waals surface area contributed by atoms with Crippen molar-refractivity contribution in [2.75, 3.05) is 13.1 Å². The van der Waals surface area contributed by atoms with Crippen LogP contribution in [-0.2, 0) is 0 Å². The minimum atomic E-state index is -0.0892. The van der Waals surface area contributed by atoms with Gasteiger partial charge >= 0.3 is 0 Å². The van der Waals surface area contributed by atoms with Crippen LogP contribution in [0, 0.1) is 0 Å².